The van der Waals surface area contributed by atoms with Crippen LogP contribution in [0.1, 0.15) is 11.1 Å². The van der Waals surface area contributed by atoms with Crippen LogP contribution in [0.15, 0.2) is 64.5 Å². The van der Waals surface area contributed by atoms with Crippen molar-refractivity contribution in [2.24, 2.45) is 4.99 Å². The van der Waals surface area contributed by atoms with Gasteiger partial charge in [0.25, 0.3) is 0 Å². The van der Waals surface area contributed by atoms with Crippen LogP contribution < -0.4 is 10.6 Å². The van der Waals surface area contributed by atoms with Crippen LogP contribution in [0.25, 0.3) is 0 Å². The predicted molar refractivity (Wildman–Crippen MR) is 116 cm³/mol. The molecule has 1 unspecified atom stereocenters. The molecule has 152 valence electrons. The van der Waals surface area contributed by atoms with E-state index in [2.05, 4.69) is 15.6 Å². The van der Waals surface area contributed by atoms with Crippen LogP contribution in [0.4, 0.5) is 0 Å². The largest absolute Gasteiger partial charge is 0.356 e. The summed E-state index contributed by atoms with van der Waals surface area (Å²) >= 11 is 0. The van der Waals surface area contributed by atoms with E-state index in [1.807, 2.05) is 42.5 Å². The molecule has 0 saturated carbocycles. The van der Waals surface area contributed by atoms with Crippen molar-refractivity contribution < 1.29 is 12.6 Å². The molecule has 0 saturated heterocycles. The summed E-state index contributed by atoms with van der Waals surface area (Å²) < 4.78 is 35.1. The third-order valence-electron chi connectivity index (χ3n) is 4.07. The molecule has 0 aliphatic heterocycles. The van der Waals surface area contributed by atoms with Gasteiger partial charge in [-0.3, -0.25) is 9.20 Å². The van der Waals surface area contributed by atoms with E-state index in [0.29, 0.717) is 35.5 Å². The van der Waals surface area contributed by atoms with E-state index in [1.54, 1.807) is 19.2 Å². The van der Waals surface area contributed by atoms with Gasteiger partial charge in [-0.15, -0.1) is 0 Å². The minimum atomic E-state index is -3.16. The maximum Gasteiger partial charge on any atom is 0.191 e. The van der Waals surface area contributed by atoms with Gasteiger partial charge in [0.15, 0.2) is 15.8 Å². The normalized spacial score (nSPS) is 13.1. The van der Waals surface area contributed by atoms with Gasteiger partial charge in [-0.2, -0.15) is 0 Å². The summed E-state index contributed by atoms with van der Waals surface area (Å²) in [6.45, 7) is 1.23. The lowest BCUT2D eigenvalue weighted by molar-refractivity contribution is 0.602. The second-order valence-corrected chi connectivity index (χ2v) is 9.96. The summed E-state index contributed by atoms with van der Waals surface area (Å²) in [6, 6.07) is 16.7. The van der Waals surface area contributed by atoms with Crippen molar-refractivity contribution in [3.63, 3.8) is 0 Å². The third-order valence-corrected chi connectivity index (χ3v) is 6.52. The summed E-state index contributed by atoms with van der Waals surface area (Å²) in [5, 5.41) is 6.38. The molecule has 2 aromatic rings. The van der Waals surface area contributed by atoms with E-state index in [4.69, 9.17) is 0 Å². The number of hydrogen-bond donors (Lipinski definition) is 2. The Labute approximate surface area is 169 Å². The number of rotatable bonds is 9. The minimum Gasteiger partial charge on any atom is -0.356 e. The number of nitrogens with zero attached hydrogens (tertiary/aromatic N) is 1. The number of benzene rings is 2. The molecule has 0 bridgehead atoms. The molecule has 0 aliphatic carbocycles. The van der Waals surface area contributed by atoms with Gasteiger partial charge in [-0.1, -0.05) is 42.5 Å². The number of nitrogens with one attached hydrogen (secondary N) is 2. The summed E-state index contributed by atoms with van der Waals surface area (Å²) in [7, 11) is -2.40. The number of guanidine groups is 1. The minimum absolute atomic E-state index is 0.324. The molecular weight excluding hydrogens is 394 g/mol. The highest BCUT2D eigenvalue weighted by molar-refractivity contribution is 7.90. The zero-order valence-corrected chi connectivity index (χ0v) is 17.9. The molecule has 0 aromatic heterocycles. The van der Waals surface area contributed by atoms with E-state index in [-0.39, 0.29) is 0 Å². The standard InChI is InChI=1S/C20H27N3O3S2/c1-21-20(23-14-15-27(24)16-18-6-4-3-5-7-18)22-13-12-17-8-10-19(11-9-17)28(2,25)26/h3-11H,12-16H2,1-2H3,(H2,21,22,23). The van der Waals surface area contributed by atoms with E-state index in [1.165, 1.54) is 6.26 Å². The zero-order chi connectivity index (χ0) is 20.4. The maximum atomic E-state index is 12.1. The fourth-order valence-corrected chi connectivity index (χ4v) is 4.23. The summed E-state index contributed by atoms with van der Waals surface area (Å²) in [5.74, 6) is 1.75. The lowest BCUT2D eigenvalue weighted by Gasteiger charge is -2.12. The SMILES string of the molecule is CN=C(NCCc1ccc(S(C)(=O)=O)cc1)NCCS(=O)Cc1ccccc1. The second kappa shape index (κ2) is 11.0. The Balaban J connectivity index is 1.69. The van der Waals surface area contributed by atoms with Gasteiger partial charge in [0.1, 0.15) is 0 Å². The van der Waals surface area contributed by atoms with Gasteiger partial charge in [0.2, 0.25) is 0 Å². The average Bonchev–Trinajstić information content (AvgIpc) is 2.67. The smallest absolute Gasteiger partial charge is 0.191 e. The molecule has 0 amide bonds. The van der Waals surface area contributed by atoms with Crippen molar-refractivity contribution in [2.75, 3.05) is 32.1 Å². The van der Waals surface area contributed by atoms with Crippen molar-refractivity contribution in [3.05, 3.63) is 65.7 Å². The van der Waals surface area contributed by atoms with Crippen LogP contribution in [-0.2, 0) is 32.8 Å². The fraction of sp³-hybridized carbons (Fsp3) is 0.350. The van der Waals surface area contributed by atoms with E-state index < -0.39 is 20.6 Å². The molecule has 0 radical (unpaired) electrons. The molecule has 1 atom stereocenters. The van der Waals surface area contributed by atoms with Gasteiger partial charge < -0.3 is 10.6 Å². The van der Waals surface area contributed by atoms with E-state index in [0.717, 1.165) is 17.5 Å². The average molecular weight is 422 g/mol. The monoisotopic (exact) mass is 421 g/mol. The highest BCUT2D eigenvalue weighted by Gasteiger charge is 2.06. The Kier molecular flexibility index (Phi) is 8.66. The van der Waals surface area contributed by atoms with Crippen LogP contribution in [-0.4, -0.2) is 50.7 Å². The van der Waals surface area contributed by atoms with Crippen LogP contribution >= 0.6 is 0 Å². The molecule has 0 spiro atoms. The van der Waals surface area contributed by atoms with Crippen molar-refractivity contribution in [2.45, 2.75) is 17.1 Å². The maximum absolute atomic E-state index is 12.1. The van der Waals surface area contributed by atoms with Crippen LogP contribution in [0.2, 0.25) is 0 Å². The Hall–Kier alpha value is -2.19. The third kappa shape index (κ3) is 7.82. The zero-order valence-electron chi connectivity index (χ0n) is 16.2. The number of aliphatic imine (C=N–C) groups is 1. The number of hydrogen-bond acceptors (Lipinski definition) is 4. The van der Waals surface area contributed by atoms with Gasteiger partial charge in [-0.25, -0.2) is 8.42 Å². The Morgan fingerprint density at radius 3 is 2.21 bits per heavy atom. The first-order valence-corrected chi connectivity index (χ1v) is 12.4. The quantitative estimate of drug-likeness (QED) is 0.476. The summed E-state index contributed by atoms with van der Waals surface area (Å²) in [4.78, 5) is 4.49. The first kappa shape index (κ1) is 22.1. The van der Waals surface area contributed by atoms with Gasteiger partial charge in [-0.05, 0) is 29.7 Å². The molecule has 6 nitrogen and oxygen atoms in total. The Morgan fingerprint density at radius 1 is 0.964 bits per heavy atom. The van der Waals surface area contributed by atoms with Gasteiger partial charge in [0, 0.05) is 48.7 Å². The van der Waals surface area contributed by atoms with Crippen molar-refractivity contribution in [1.82, 2.24) is 10.6 Å². The van der Waals surface area contributed by atoms with Crippen LogP contribution in [0.5, 0.6) is 0 Å². The molecular formula is C20H27N3O3S2. The summed E-state index contributed by atoms with van der Waals surface area (Å²) in [6.07, 6.45) is 1.94. The Bertz CT molecular complexity index is 896. The Morgan fingerprint density at radius 2 is 1.61 bits per heavy atom. The lowest BCUT2D eigenvalue weighted by atomic mass is 10.1. The van der Waals surface area contributed by atoms with E-state index >= 15 is 0 Å². The highest BCUT2D eigenvalue weighted by Crippen LogP contribution is 2.10. The molecule has 8 heteroatoms. The van der Waals surface area contributed by atoms with Crippen molar-refractivity contribution in [1.29, 1.82) is 0 Å². The lowest BCUT2D eigenvalue weighted by Crippen LogP contribution is -2.40. The molecule has 2 N–H and O–H groups in total. The summed E-state index contributed by atoms with van der Waals surface area (Å²) in [5.41, 5.74) is 2.12. The second-order valence-electron chi connectivity index (χ2n) is 6.37. The number of sulfone groups is 1. The van der Waals surface area contributed by atoms with Crippen molar-refractivity contribution in [3.8, 4) is 0 Å². The highest BCUT2D eigenvalue weighted by atomic mass is 32.2. The van der Waals surface area contributed by atoms with Gasteiger partial charge in [0.05, 0.1) is 4.90 Å². The van der Waals surface area contributed by atoms with Crippen LogP contribution in [0, 0.1) is 0 Å². The van der Waals surface area contributed by atoms with E-state index in [9.17, 15) is 12.6 Å². The van der Waals surface area contributed by atoms with Gasteiger partial charge >= 0.3 is 0 Å². The fourth-order valence-electron chi connectivity index (χ4n) is 2.56. The van der Waals surface area contributed by atoms with Crippen LogP contribution in [0.3, 0.4) is 0 Å². The predicted octanol–water partition coefficient (Wildman–Crippen LogP) is 1.75. The topological polar surface area (TPSA) is 87.6 Å². The molecule has 28 heavy (non-hydrogen) atoms. The molecule has 0 fully saturated rings. The first-order valence-electron chi connectivity index (χ1n) is 9.01. The molecule has 0 aliphatic rings. The molecule has 0 heterocycles. The van der Waals surface area contributed by atoms with Crippen molar-refractivity contribution >= 4 is 26.6 Å². The first-order chi connectivity index (χ1) is 13.4. The molecule has 2 rings (SSSR count). The molecule has 2 aromatic carbocycles.